The number of allylic oxidation sites excluding steroid dienone is 1. The van der Waals surface area contributed by atoms with Crippen LogP contribution in [-0.2, 0) is 9.53 Å². The zero-order chi connectivity index (χ0) is 24.5. The molecule has 174 valence electrons. The molecule has 0 radical (unpaired) electrons. The molecule has 3 aromatic carbocycles. The molecule has 1 atom stereocenters. The van der Waals surface area contributed by atoms with Crippen molar-refractivity contribution in [1.29, 1.82) is 0 Å². The van der Waals surface area contributed by atoms with Gasteiger partial charge >= 0.3 is 5.97 Å². The SMILES string of the molecule is CCOC(=O)/C(C)=C/C(c1ccc(OC)cc1)C(C(=O)c1ccccc1)C(=O)c1ccccc1. The summed E-state index contributed by atoms with van der Waals surface area (Å²) in [6, 6.07) is 24.6. The highest BCUT2D eigenvalue weighted by Gasteiger charge is 2.36. The number of methoxy groups -OCH3 is 1. The summed E-state index contributed by atoms with van der Waals surface area (Å²) in [5, 5.41) is 0. The van der Waals surface area contributed by atoms with Crippen LogP contribution in [0.4, 0.5) is 0 Å². The number of ether oxygens (including phenoxy) is 2. The normalized spacial score (nSPS) is 12.2. The molecule has 0 N–H and O–H groups in total. The molecule has 0 heterocycles. The van der Waals surface area contributed by atoms with E-state index in [2.05, 4.69) is 0 Å². The van der Waals surface area contributed by atoms with E-state index in [9.17, 15) is 14.4 Å². The van der Waals surface area contributed by atoms with Gasteiger partial charge in [0.25, 0.3) is 0 Å². The van der Waals surface area contributed by atoms with Crippen LogP contribution in [-0.4, -0.2) is 31.3 Å². The lowest BCUT2D eigenvalue weighted by atomic mass is 9.76. The van der Waals surface area contributed by atoms with Gasteiger partial charge in [-0.25, -0.2) is 4.79 Å². The van der Waals surface area contributed by atoms with Crippen molar-refractivity contribution in [2.75, 3.05) is 13.7 Å². The second-order valence-corrected chi connectivity index (χ2v) is 7.81. The molecule has 0 aliphatic carbocycles. The number of ketones is 2. The molecule has 5 heteroatoms. The van der Waals surface area contributed by atoms with Gasteiger partial charge in [-0.15, -0.1) is 0 Å². The van der Waals surface area contributed by atoms with Crippen molar-refractivity contribution in [3.05, 3.63) is 113 Å². The predicted octanol–water partition coefficient (Wildman–Crippen LogP) is 5.67. The Morgan fingerprint density at radius 3 is 1.74 bits per heavy atom. The maximum absolute atomic E-state index is 13.8. The van der Waals surface area contributed by atoms with Gasteiger partial charge in [0, 0.05) is 22.6 Å². The molecular formula is C29H28O5. The van der Waals surface area contributed by atoms with E-state index in [1.165, 1.54) is 0 Å². The van der Waals surface area contributed by atoms with E-state index in [0.717, 1.165) is 0 Å². The largest absolute Gasteiger partial charge is 0.497 e. The Morgan fingerprint density at radius 1 is 0.794 bits per heavy atom. The van der Waals surface area contributed by atoms with Crippen LogP contribution < -0.4 is 4.74 Å². The zero-order valence-electron chi connectivity index (χ0n) is 19.6. The number of hydrogen-bond acceptors (Lipinski definition) is 5. The van der Waals surface area contributed by atoms with Crippen LogP contribution in [0.2, 0.25) is 0 Å². The fourth-order valence-electron chi connectivity index (χ4n) is 3.80. The van der Waals surface area contributed by atoms with Crippen molar-refractivity contribution >= 4 is 17.5 Å². The van der Waals surface area contributed by atoms with Gasteiger partial charge in [-0.05, 0) is 31.5 Å². The summed E-state index contributed by atoms with van der Waals surface area (Å²) in [6.07, 6.45) is 1.66. The average Bonchev–Trinajstić information content (AvgIpc) is 2.89. The Bertz CT molecular complexity index is 1100. The minimum Gasteiger partial charge on any atom is -0.497 e. The monoisotopic (exact) mass is 456 g/mol. The third kappa shape index (κ3) is 5.87. The van der Waals surface area contributed by atoms with Crippen LogP contribution in [0.1, 0.15) is 46.0 Å². The number of esters is 1. The molecule has 34 heavy (non-hydrogen) atoms. The summed E-state index contributed by atoms with van der Waals surface area (Å²) < 4.78 is 10.4. The molecule has 0 amide bonds. The number of benzene rings is 3. The molecule has 0 bridgehead atoms. The molecule has 0 saturated heterocycles. The highest BCUT2D eigenvalue weighted by Crippen LogP contribution is 2.34. The number of rotatable bonds is 10. The van der Waals surface area contributed by atoms with E-state index in [-0.39, 0.29) is 18.2 Å². The van der Waals surface area contributed by atoms with E-state index in [4.69, 9.17) is 9.47 Å². The van der Waals surface area contributed by atoms with Crippen molar-refractivity contribution in [1.82, 2.24) is 0 Å². The smallest absolute Gasteiger partial charge is 0.333 e. The molecule has 3 rings (SSSR count). The summed E-state index contributed by atoms with van der Waals surface area (Å²) >= 11 is 0. The molecule has 0 fully saturated rings. The Morgan fingerprint density at radius 2 is 1.29 bits per heavy atom. The maximum Gasteiger partial charge on any atom is 0.333 e. The summed E-state index contributed by atoms with van der Waals surface area (Å²) in [6.45, 7) is 3.59. The van der Waals surface area contributed by atoms with E-state index < -0.39 is 17.8 Å². The van der Waals surface area contributed by atoms with Crippen molar-refractivity contribution in [3.63, 3.8) is 0 Å². The van der Waals surface area contributed by atoms with Gasteiger partial charge in [-0.1, -0.05) is 78.9 Å². The quantitative estimate of drug-likeness (QED) is 0.170. The number of carbonyl (C=O) groups is 3. The van der Waals surface area contributed by atoms with E-state index in [0.29, 0.717) is 28.0 Å². The van der Waals surface area contributed by atoms with Crippen molar-refractivity contribution in [2.45, 2.75) is 19.8 Å². The molecule has 0 aliphatic heterocycles. The van der Waals surface area contributed by atoms with Crippen molar-refractivity contribution < 1.29 is 23.9 Å². The van der Waals surface area contributed by atoms with Gasteiger partial charge in [0.15, 0.2) is 11.6 Å². The number of carbonyl (C=O) groups excluding carboxylic acids is 3. The van der Waals surface area contributed by atoms with Gasteiger partial charge < -0.3 is 9.47 Å². The topological polar surface area (TPSA) is 69.7 Å². The van der Waals surface area contributed by atoms with Crippen LogP contribution in [0.25, 0.3) is 0 Å². The van der Waals surface area contributed by atoms with Crippen LogP contribution in [0.3, 0.4) is 0 Å². The lowest BCUT2D eigenvalue weighted by Gasteiger charge is -2.24. The Balaban J connectivity index is 2.18. The maximum atomic E-state index is 13.8. The molecule has 0 saturated carbocycles. The number of hydrogen-bond donors (Lipinski definition) is 0. The van der Waals surface area contributed by atoms with E-state index in [1.54, 1.807) is 87.7 Å². The lowest BCUT2D eigenvalue weighted by molar-refractivity contribution is -0.138. The van der Waals surface area contributed by atoms with Crippen molar-refractivity contribution in [3.8, 4) is 5.75 Å². The predicted molar refractivity (Wildman–Crippen MR) is 131 cm³/mol. The first-order valence-corrected chi connectivity index (χ1v) is 11.1. The second-order valence-electron chi connectivity index (χ2n) is 7.81. The minimum absolute atomic E-state index is 0.229. The standard InChI is InChI=1S/C29H28O5/c1-4-34-29(32)20(2)19-25(21-15-17-24(33-3)18-16-21)26(27(30)22-11-7-5-8-12-22)28(31)23-13-9-6-10-14-23/h5-19,25-26H,4H2,1-3H3/b20-19+. The summed E-state index contributed by atoms with van der Waals surface area (Å²) in [7, 11) is 1.57. The van der Waals surface area contributed by atoms with Crippen LogP contribution in [0.5, 0.6) is 5.75 Å². The van der Waals surface area contributed by atoms with Crippen molar-refractivity contribution in [2.24, 2.45) is 5.92 Å². The highest BCUT2D eigenvalue weighted by atomic mass is 16.5. The third-order valence-corrected chi connectivity index (χ3v) is 5.57. The summed E-state index contributed by atoms with van der Waals surface area (Å²) in [4.78, 5) is 40.0. The Kier molecular flexibility index (Phi) is 8.52. The average molecular weight is 457 g/mol. The lowest BCUT2D eigenvalue weighted by Crippen LogP contribution is -2.30. The molecule has 0 spiro atoms. The fourth-order valence-corrected chi connectivity index (χ4v) is 3.80. The molecule has 3 aromatic rings. The van der Waals surface area contributed by atoms with Gasteiger partial charge in [0.05, 0.1) is 19.6 Å². The van der Waals surface area contributed by atoms with Crippen LogP contribution in [0.15, 0.2) is 96.6 Å². The fraction of sp³-hybridized carbons (Fsp3) is 0.207. The molecule has 1 unspecified atom stereocenters. The Hall–Kier alpha value is -3.99. The molecule has 0 aliphatic rings. The van der Waals surface area contributed by atoms with Crippen LogP contribution >= 0.6 is 0 Å². The zero-order valence-corrected chi connectivity index (χ0v) is 19.6. The summed E-state index contributed by atoms with van der Waals surface area (Å²) in [5.41, 5.74) is 1.90. The van der Waals surface area contributed by atoms with E-state index in [1.807, 2.05) is 24.3 Å². The molecule has 0 aromatic heterocycles. The first-order chi connectivity index (χ1) is 16.5. The van der Waals surface area contributed by atoms with Gasteiger partial charge in [0.2, 0.25) is 0 Å². The van der Waals surface area contributed by atoms with E-state index >= 15 is 0 Å². The minimum atomic E-state index is -1.08. The van der Waals surface area contributed by atoms with Gasteiger partial charge in [-0.2, -0.15) is 0 Å². The van der Waals surface area contributed by atoms with Gasteiger partial charge in [0.1, 0.15) is 5.75 Å². The molecular weight excluding hydrogens is 428 g/mol. The first kappa shape index (κ1) is 24.6. The van der Waals surface area contributed by atoms with Crippen LogP contribution in [0, 0.1) is 5.92 Å². The Labute approximate surface area is 200 Å². The summed E-state index contributed by atoms with van der Waals surface area (Å²) in [5.74, 6) is -2.25. The van der Waals surface area contributed by atoms with Gasteiger partial charge in [-0.3, -0.25) is 9.59 Å². The molecule has 5 nitrogen and oxygen atoms in total. The third-order valence-electron chi connectivity index (χ3n) is 5.57. The first-order valence-electron chi connectivity index (χ1n) is 11.1. The number of Topliss-reactive ketones (excluding diaryl/α,β-unsaturated/α-hetero) is 2. The highest BCUT2D eigenvalue weighted by molar-refractivity contribution is 6.17. The second kappa shape index (κ2) is 11.8.